The summed E-state index contributed by atoms with van der Waals surface area (Å²) in [6, 6.07) is 0.357. The molecule has 0 fully saturated rings. The monoisotopic (exact) mass is 265 g/mol. The molecule has 0 spiro atoms. The first-order valence-corrected chi connectivity index (χ1v) is 6.84. The number of unbranched alkanes of at least 4 members (excludes halogenated alkanes) is 3. The molecule has 0 aliphatic rings. The van der Waals surface area contributed by atoms with Gasteiger partial charge < -0.3 is 10.1 Å². The van der Waals surface area contributed by atoms with Gasteiger partial charge in [-0.25, -0.2) is 14.8 Å². The predicted molar refractivity (Wildman–Crippen MR) is 75.2 cm³/mol. The van der Waals surface area contributed by atoms with Crippen LogP contribution in [-0.4, -0.2) is 29.1 Å². The molecular weight excluding hydrogens is 242 g/mol. The first kappa shape index (κ1) is 15.4. The van der Waals surface area contributed by atoms with Gasteiger partial charge in [0.25, 0.3) is 0 Å². The lowest BCUT2D eigenvalue weighted by Gasteiger charge is -2.13. The Morgan fingerprint density at radius 2 is 2.11 bits per heavy atom. The van der Waals surface area contributed by atoms with E-state index in [9.17, 15) is 4.79 Å². The summed E-state index contributed by atoms with van der Waals surface area (Å²) >= 11 is 0. The highest BCUT2D eigenvalue weighted by Gasteiger charge is 2.08. The number of nitrogens with one attached hydrogen (secondary N) is 1. The van der Waals surface area contributed by atoms with Gasteiger partial charge in [-0.1, -0.05) is 32.6 Å². The molecule has 1 atom stereocenters. The molecule has 1 heterocycles. The molecule has 1 N–H and O–H groups in total. The number of esters is 1. The van der Waals surface area contributed by atoms with Crippen molar-refractivity contribution >= 4 is 11.8 Å². The van der Waals surface area contributed by atoms with Crippen LogP contribution in [0, 0.1) is 0 Å². The number of hydrogen-bond donors (Lipinski definition) is 1. The van der Waals surface area contributed by atoms with Gasteiger partial charge in [-0.15, -0.1) is 0 Å². The van der Waals surface area contributed by atoms with Gasteiger partial charge in [0.05, 0.1) is 19.5 Å². The van der Waals surface area contributed by atoms with Crippen molar-refractivity contribution in [3.63, 3.8) is 0 Å². The van der Waals surface area contributed by atoms with E-state index in [2.05, 4.69) is 33.9 Å². The maximum absolute atomic E-state index is 11.2. The summed E-state index contributed by atoms with van der Waals surface area (Å²) < 4.78 is 4.57. The van der Waals surface area contributed by atoms with Crippen LogP contribution in [0.5, 0.6) is 0 Å². The molecular formula is C14H23N3O2. The first-order chi connectivity index (χ1) is 9.17. The molecule has 0 aromatic carbocycles. The van der Waals surface area contributed by atoms with Crippen LogP contribution in [0.3, 0.4) is 0 Å². The summed E-state index contributed by atoms with van der Waals surface area (Å²) in [5.74, 6) is 0.224. The Balaban J connectivity index is 2.38. The molecule has 0 saturated carbocycles. The van der Waals surface area contributed by atoms with E-state index in [0.717, 1.165) is 6.42 Å². The third-order valence-electron chi connectivity index (χ3n) is 2.93. The molecule has 1 unspecified atom stereocenters. The highest BCUT2D eigenvalue weighted by atomic mass is 16.5. The first-order valence-electron chi connectivity index (χ1n) is 6.84. The van der Waals surface area contributed by atoms with E-state index in [0.29, 0.717) is 11.9 Å². The largest absolute Gasteiger partial charge is 0.464 e. The van der Waals surface area contributed by atoms with Crippen molar-refractivity contribution in [1.82, 2.24) is 9.97 Å². The van der Waals surface area contributed by atoms with E-state index < -0.39 is 5.97 Å². The maximum Gasteiger partial charge on any atom is 0.358 e. The topological polar surface area (TPSA) is 64.1 Å². The molecule has 0 amide bonds. The van der Waals surface area contributed by atoms with Crippen molar-refractivity contribution < 1.29 is 9.53 Å². The number of carbonyl (C=O) groups excluding carboxylic acids is 1. The molecule has 5 heteroatoms. The minimum absolute atomic E-state index is 0.226. The van der Waals surface area contributed by atoms with E-state index in [-0.39, 0.29) is 5.69 Å². The van der Waals surface area contributed by atoms with E-state index >= 15 is 0 Å². The Morgan fingerprint density at radius 1 is 1.32 bits per heavy atom. The minimum Gasteiger partial charge on any atom is -0.464 e. The Morgan fingerprint density at radius 3 is 2.68 bits per heavy atom. The number of carbonyl (C=O) groups is 1. The zero-order valence-corrected chi connectivity index (χ0v) is 12.0. The van der Waals surface area contributed by atoms with Crippen LogP contribution in [0.25, 0.3) is 0 Å². The van der Waals surface area contributed by atoms with Gasteiger partial charge in [0, 0.05) is 6.04 Å². The lowest BCUT2D eigenvalue weighted by atomic mass is 10.1. The molecule has 1 aromatic heterocycles. The highest BCUT2D eigenvalue weighted by molar-refractivity contribution is 5.86. The fraction of sp³-hybridized carbons (Fsp3) is 0.643. The molecule has 0 saturated heterocycles. The summed E-state index contributed by atoms with van der Waals surface area (Å²) in [5.41, 5.74) is 0.226. The van der Waals surface area contributed by atoms with Gasteiger partial charge in [0.15, 0.2) is 5.69 Å². The van der Waals surface area contributed by atoms with Crippen LogP contribution in [0.4, 0.5) is 5.82 Å². The average Bonchev–Trinajstić information content (AvgIpc) is 2.43. The maximum atomic E-state index is 11.2. The fourth-order valence-electron chi connectivity index (χ4n) is 1.81. The van der Waals surface area contributed by atoms with E-state index in [1.807, 2.05) is 0 Å². The third-order valence-corrected chi connectivity index (χ3v) is 2.93. The number of rotatable bonds is 8. The molecule has 5 nitrogen and oxygen atoms in total. The molecule has 0 bridgehead atoms. The Bertz CT molecular complexity index is 379. The van der Waals surface area contributed by atoms with Crippen molar-refractivity contribution in [3.05, 3.63) is 18.1 Å². The van der Waals surface area contributed by atoms with Crippen LogP contribution in [-0.2, 0) is 4.74 Å². The van der Waals surface area contributed by atoms with E-state index in [1.165, 1.54) is 39.0 Å². The second-order valence-corrected chi connectivity index (χ2v) is 4.67. The highest BCUT2D eigenvalue weighted by Crippen LogP contribution is 2.10. The van der Waals surface area contributed by atoms with E-state index in [1.54, 1.807) is 6.20 Å². The number of nitrogens with zero attached hydrogens (tertiary/aromatic N) is 2. The van der Waals surface area contributed by atoms with Gasteiger partial charge >= 0.3 is 5.97 Å². The number of hydrogen-bond acceptors (Lipinski definition) is 5. The Kier molecular flexibility index (Phi) is 6.85. The van der Waals surface area contributed by atoms with Crippen LogP contribution < -0.4 is 5.32 Å². The fourth-order valence-corrected chi connectivity index (χ4v) is 1.81. The summed E-state index contributed by atoms with van der Waals surface area (Å²) in [4.78, 5) is 19.4. The van der Waals surface area contributed by atoms with Gasteiger partial charge in [0.2, 0.25) is 0 Å². The molecule has 0 radical (unpaired) electrons. The summed E-state index contributed by atoms with van der Waals surface area (Å²) in [5, 5.41) is 3.28. The minimum atomic E-state index is -0.466. The quantitative estimate of drug-likeness (QED) is 0.578. The van der Waals surface area contributed by atoms with Crippen molar-refractivity contribution in [3.8, 4) is 0 Å². The predicted octanol–water partition coefficient (Wildman–Crippen LogP) is 3.03. The molecule has 0 aliphatic heterocycles. The summed E-state index contributed by atoms with van der Waals surface area (Å²) in [6.07, 6.45) is 9.14. The standard InChI is InChI=1S/C14H23N3O2/c1-4-5-6-7-8-11(2)17-13-10-15-12(9-16-13)14(18)19-3/h9-11H,4-8H2,1-3H3,(H,16,17). The van der Waals surface area contributed by atoms with Gasteiger partial charge in [0.1, 0.15) is 5.82 Å². The van der Waals surface area contributed by atoms with E-state index in [4.69, 9.17) is 0 Å². The van der Waals surface area contributed by atoms with Gasteiger partial charge in [-0.05, 0) is 13.3 Å². The number of methoxy groups -OCH3 is 1. The van der Waals surface area contributed by atoms with Crippen LogP contribution in [0.1, 0.15) is 56.4 Å². The normalized spacial score (nSPS) is 11.9. The summed E-state index contributed by atoms with van der Waals surface area (Å²) in [7, 11) is 1.33. The molecule has 106 valence electrons. The smallest absolute Gasteiger partial charge is 0.358 e. The molecule has 1 aromatic rings. The second kappa shape index (κ2) is 8.45. The second-order valence-electron chi connectivity index (χ2n) is 4.67. The Hall–Kier alpha value is -1.65. The molecule has 19 heavy (non-hydrogen) atoms. The molecule has 1 rings (SSSR count). The van der Waals surface area contributed by atoms with Gasteiger partial charge in [-0.2, -0.15) is 0 Å². The average molecular weight is 265 g/mol. The zero-order chi connectivity index (χ0) is 14.1. The van der Waals surface area contributed by atoms with Crippen LogP contribution in [0.2, 0.25) is 0 Å². The van der Waals surface area contributed by atoms with Crippen LogP contribution in [0.15, 0.2) is 12.4 Å². The lowest BCUT2D eigenvalue weighted by Crippen LogP contribution is -2.16. The zero-order valence-electron chi connectivity index (χ0n) is 12.0. The van der Waals surface area contributed by atoms with Crippen molar-refractivity contribution in [1.29, 1.82) is 0 Å². The van der Waals surface area contributed by atoms with Crippen molar-refractivity contribution in [2.45, 2.75) is 52.0 Å². The van der Waals surface area contributed by atoms with Crippen LogP contribution >= 0.6 is 0 Å². The SMILES string of the molecule is CCCCCCC(C)Nc1cnc(C(=O)OC)cn1. The summed E-state index contributed by atoms with van der Waals surface area (Å²) in [6.45, 7) is 4.34. The van der Waals surface area contributed by atoms with Crippen molar-refractivity contribution in [2.24, 2.45) is 0 Å². The number of aromatic nitrogens is 2. The molecule has 0 aliphatic carbocycles. The lowest BCUT2D eigenvalue weighted by molar-refractivity contribution is 0.0593. The third kappa shape index (κ3) is 5.68. The Labute approximate surface area is 114 Å². The van der Waals surface area contributed by atoms with Gasteiger partial charge in [-0.3, -0.25) is 0 Å². The number of ether oxygens (including phenoxy) is 1. The van der Waals surface area contributed by atoms with Crippen molar-refractivity contribution in [2.75, 3.05) is 12.4 Å². The number of anilines is 1.